The van der Waals surface area contributed by atoms with E-state index in [1.165, 1.54) is 6.20 Å². The molecule has 2 heterocycles. The number of aromatic nitrogens is 1. The molecular formula is C22H21Cl2N3O3. The highest BCUT2D eigenvalue weighted by molar-refractivity contribution is 6.38. The van der Waals surface area contributed by atoms with Crippen LogP contribution in [0.25, 0.3) is 10.9 Å². The van der Waals surface area contributed by atoms with Gasteiger partial charge in [0.2, 0.25) is 0 Å². The predicted octanol–water partition coefficient (Wildman–Crippen LogP) is 5.30. The van der Waals surface area contributed by atoms with Gasteiger partial charge in [-0.15, -0.1) is 0 Å². The van der Waals surface area contributed by atoms with E-state index >= 15 is 0 Å². The molecule has 2 aromatic carbocycles. The van der Waals surface area contributed by atoms with Crippen molar-refractivity contribution in [2.24, 2.45) is 0 Å². The number of nitrogens with zero attached hydrogens (tertiary/aromatic N) is 2. The predicted molar refractivity (Wildman–Crippen MR) is 120 cm³/mol. The van der Waals surface area contributed by atoms with Crippen LogP contribution >= 0.6 is 23.2 Å². The second-order valence-corrected chi connectivity index (χ2v) is 7.67. The fourth-order valence-corrected chi connectivity index (χ4v) is 3.99. The highest BCUT2D eigenvalue weighted by Crippen LogP contribution is 2.35. The molecule has 0 spiro atoms. The Morgan fingerprint density at radius 2 is 1.93 bits per heavy atom. The Morgan fingerprint density at radius 3 is 2.63 bits per heavy atom. The van der Waals surface area contributed by atoms with Gasteiger partial charge in [0.15, 0.2) is 0 Å². The lowest BCUT2D eigenvalue weighted by atomic mass is 10.1. The van der Waals surface area contributed by atoms with Gasteiger partial charge in [0.25, 0.3) is 0 Å². The molecule has 30 heavy (non-hydrogen) atoms. The Bertz CT molecular complexity index is 1070. The summed E-state index contributed by atoms with van der Waals surface area (Å²) < 4.78 is 10.6. The number of esters is 1. The molecule has 1 aliphatic rings. The van der Waals surface area contributed by atoms with Crippen LogP contribution < -0.4 is 10.2 Å². The molecule has 1 aromatic heterocycles. The van der Waals surface area contributed by atoms with Crippen molar-refractivity contribution in [3.63, 3.8) is 0 Å². The summed E-state index contributed by atoms with van der Waals surface area (Å²) in [5.41, 5.74) is 3.38. The molecule has 8 heteroatoms. The van der Waals surface area contributed by atoms with E-state index in [-0.39, 0.29) is 6.61 Å². The molecule has 0 unspecified atom stereocenters. The third-order valence-corrected chi connectivity index (χ3v) is 5.40. The summed E-state index contributed by atoms with van der Waals surface area (Å²) in [6, 6.07) is 11.4. The van der Waals surface area contributed by atoms with Gasteiger partial charge in [-0.2, -0.15) is 0 Å². The lowest BCUT2D eigenvalue weighted by Crippen LogP contribution is -2.36. The molecule has 0 radical (unpaired) electrons. The summed E-state index contributed by atoms with van der Waals surface area (Å²) in [5, 5.41) is 4.86. The molecule has 1 fully saturated rings. The monoisotopic (exact) mass is 445 g/mol. The molecule has 0 bridgehead atoms. The molecule has 0 amide bonds. The first kappa shape index (κ1) is 20.7. The van der Waals surface area contributed by atoms with Crippen LogP contribution in [-0.2, 0) is 9.47 Å². The zero-order valence-corrected chi connectivity index (χ0v) is 18.0. The number of hydrogen-bond donors (Lipinski definition) is 1. The quantitative estimate of drug-likeness (QED) is 0.537. The standard InChI is InChI=1S/C22H21Cl2N3O3/c1-2-30-22(28)18-13-25-21-17(11-14(23)12-19(21)24)20(18)26-15-3-5-16(6-4-15)27-7-9-29-10-8-27/h3-6,11-13H,2,7-10H2,1H3,(H,25,26). The van der Waals surface area contributed by atoms with E-state index in [0.29, 0.717) is 32.2 Å². The highest BCUT2D eigenvalue weighted by Gasteiger charge is 2.19. The van der Waals surface area contributed by atoms with Crippen LogP contribution in [0.2, 0.25) is 10.0 Å². The van der Waals surface area contributed by atoms with Gasteiger partial charge in [-0.3, -0.25) is 4.98 Å². The molecule has 0 atom stereocenters. The Hall–Kier alpha value is -2.54. The smallest absolute Gasteiger partial charge is 0.341 e. The number of halogens is 2. The number of nitrogens with one attached hydrogen (secondary N) is 1. The Morgan fingerprint density at radius 1 is 1.20 bits per heavy atom. The first-order valence-electron chi connectivity index (χ1n) is 9.71. The maximum Gasteiger partial charge on any atom is 0.341 e. The SMILES string of the molecule is CCOC(=O)c1cnc2c(Cl)cc(Cl)cc2c1Nc1ccc(N2CCOCC2)cc1. The molecule has 6 nitrogen and oxygen atoms in total. The highest BCUT2D eigenvalue weighted by atomic mass is 35.5. The van der Waals surface area contributed by atoms with Crippen molar-refractivity contribution in [1.29, 1.82) is 0 Å². The Labute approximate surface area is 184 Å². The minimum Gasteiger partial charge on any atom is -0.462 e. The van der Waals surface area contributed by atoms with E-state index in [2.05, 4.69) is 15.2 Å². The molecule has 1 N–H and O–H groups in total. The van der Waals surface area contributed by atoms with Gasteiger partial charge in [0.05, 0.1) is 36.0 Å². The summed E-state index contributed by atoms with van der Waals surface area (Å²) >= 11 is 12.6. The summed E-state index contributed by atoms with van der Waals surface area (Å²) in [7, 11) is 0. The molecular weight excluding hydrogens is 425 g/mol. The molecule has 0 aliphatic carbocycles. The summed E-state index contributed by atoms with van der Waals surface area (Å²) in [5.74, 6) is -0.463. The van der Waals surface area contributed by atoms with Crippen LogP contribution in [0.15, 0.2) is 42.6 Å². The van der Waals surface area contributed by atoms with Crippen LogP contribution in [0.1, 0.15) is 17.3 Å². The Kier molecular flexibility index (Phi) is 6.27. The lowest BCUT2D eigenvalue weighted by molar-refractivity contribution is 0.0527. The van der Waals surface area contributed by atoms with Crippen molar-refractivity contribution in [2.45, 2.75) is 6.92 Å². The first-order valence-corrected chi connectivity index (χ1v) is 10.5. The van der Waals surface area contributed by atoms with Crippen molar-refractivity contribution in [3.05, 3.63) is 58.2 Å². The van der Waals surface area contributed by atoms with Crippen LogP contribution in [0, 0.1) is 0 Å². The van der Waals surface area contributed by atoms with Gasteiger partial charge >= 0.3 is 5.97 Å². The van der Waals surface area contributed by atoms with Crippen molar-refractivity contribution in [1.82, 2.24) is 4.98 Å². The maximum absolute atomic E-state index is 12.5. The van der Waals surface area contributed by atoms with E-state index < -0.39 is 5.97 Å². The fraction of sp³-hybridized carbons (Fsp3) is 0.273. The number of carbonyl (C=O) groups is 1. The average Bonchev–Trinajstić information content (AvgIpc) is 2.75. The summed E-state index contributed by atoms with van der Waals surface area (Å²) in [6.07, 6.45) is 1.48. The summed E-state index contributed by atoms with van der Waals surface area (Å²) in [6.45, 7) is 5.22. The van der Waals surface area contributed by atoms with Crippen LogP contribution in [-0.4, -0.2) is 43.9 Å². The van der Waals surface area contributed by atoms with Gasteiger partial charge in [0, 0.05) is 41.1 Å². The number of anilines is 3. The average molecular weight is 446 g/mol. The number of rotatable bonds is 5. The largest absolute Gasteiger partial charge is 0.462 e. The van der Waals surface area contributed by atoms with E-state index in [4.69, 9.17) is 32.7 Å². The maximum atomic E-state index is 12.5. The molecule has 4 rings (SSSR count). The Balaban J connectivity index is 1.72. The molecule has 3 aromatic rings. The van der Waals surface area contributed by atoms with E-state index in [1.807, 2.05) is 24.3 Å². The van der Waals surface area contributed by atoms with Crippen molar-refractivity contribution in [3.8, 4) is 0 Å². The van der Waals surface area contributed by atoms with Crippen molar-refractivity contribution >= 4 is 57.1 Å². The third kappa shape index (κ3) is 4.31. The van der Waals surface area contributed by atoms with Gasteiger partial charge < -0.3 is 19.7 Å². The first-order chi connectivity index (χ1) is 14.6. The van der Waals surface area contributed by atoms with E-state index in [1.54, 1.807) is 19.1 Å². The number of carbonyl (C=O) groups excluding carboxylic acids is 1. The van der Waals surface area contributed by atoms with Gasteiger partial charge in [-0.1, -0.05) is 23.2 Å². The zero-order chi connectivity index (χ0) is 21.1. The summed E-state index contributed by atoms with van der Waals surface area (Å²) in [4.78, 5) is 19.2. The number of hydrogen-bond acceptors (Lipinski definition) is 6. The van der Waals surface area contributed by atoms with Gasteiger partial charge in [-0.25, -0.2) is 4.79 Å². The van der Waals surface area contributed by atoms with E-state index in [0.717, 1.165) is 37.7 Å². The number of pyridine rings is 1. The molecule has 0 saturated carbocycles. The second kappa shape index (κ2) is 9.08. The second-order valence-electron chi connectivity index (χ2n) is 6.82. The lowest BCUT2D eigenvalue weighted by Gasteiger charge is -2.29. The van der Waals surface area contributed by atoms with Crippen LogP contribution in [0.4, 0.5) is 17.1 Å². The van der Waals surface area contributed by atoms with Gasteiger partial charge in [0.1, 0.15) is 5.56 Å². The number of ether oxygens (including phenoxy) is 2. The fourth-order valence-electron chi connectivity index (χ4n) is 3.45. The molecule has 156 valence electrons. The normalized spacial score (nSPS) is 14.0. The van der Waals surface area contributed by atoms with Crippen molar-refractivity contribution < 1.29 is 14.3 Å². The minimum absolute atomic E-state index is 0.265. The minimum atomic E-state index is -0.463. The molecule has 1 saturated heterocycles. The molecule has 1 aliphatic heterocycles. The number of benzene rings is 2. The zero-order valence-electron chi connectivity index (χ0n) is 16.5. The van der Waals surface area contributed by atoms with Crippen LogP contribution in [0.3, 0.4) is 0 Å². The van der Waals surface area contributed by atoms with Crippen LogP contribution in [0.5, 0.6) is 0 Å². The topological polar surface area (TPSA) is 63.7 Å². The van der Waals surface area contributed by atoms with E-state index in [9.17, 15) is 4.79 Å². The number of morpholine rings is 1. The van der Waals surface area contributed by atoms with Gasteiger partial charge in [-0.05, 0) is 43.3 Å². The third-order valence-electron chi connectivity index (χ3n) is 4.90. The van der Waals surface area contributed by atoms with Crippen molar-refractivity contribution in [2.75, 3.05) is 43.1 Å². The number of fused-ring (bicyclic) bond motifs is 1.